The van der Waals surface area contributed by atoms with Gasteiger partial charge in [-0.05, 0) is 48.0 Å². The van der Waals surface area contributed by atoms with E-state index in [2.05, 4.69) is 0 Å². The molecule has 0 spiro atoms. The summed E-state index contributed by atoms with van der Waals surface area (Å²) in [5, 5.41) is 21.9. The van der Waals surface area contributed by atoms with Gasteiger partial charge in [0.1, 0.15) is 0 Å². The third-order valence-corrected chi connectivity index (χ3v) is 2.29. The van der Waals surface area contributed by atoms with Gasteiger partial charge in [0.2, 0.25) is 0 Å². The van der Waals surface area contributed by atoms with Crippen LogP contribution in [-0.2, 0) is 0 Å². The van der Waals surface area contributed by atoms with Crippen LogP contribution >= 0.6 is 0 Å². The summed E-state index contributed by atoms with van der Waals surface area (Å²) in [7, 11) is 0. The standard InChI is InChI=1S/C11H26N2O2/c1-10(2,3)12(14)8-7-9-13(15)11(4,5)6/h14-15H,7-9H2,1-6H3. The summed E-state index contributed by atoms with van der Waals surface area (Å²) in [6.07, 6.45) is 0.738. The Morgan fingerprint density at radius 3 is 1.20 bits per heavy atom. The molecular formula is C11H26N2O2. The molecule has 0 aliphatic heterocycles. The number of hydrogen-bond donors (Lipinski definition) is 2. The smallest absolute Gasteiger partial charge is 0.0376 e. The van der Waals surface area contributed by atoms with Crippen LogP contribution in [0.5, 0.6) is 0 Å². The molecule has 2 N–H and O–H groups in total. The molecule has 15 heavy (non-hydrogen) atoms. The topological polar surface area (TPSA) is 46.9 Å². The fourth-order valence-electron chi connectivity index (χ4n) is 1.04. The van der Waals surface area contributed by atoms with Crippen LogP contribution in [0, 0.1) is 0 Å². The molecule has 4 nitrogen and oxygen atoms in total. The van der Waals surface area contributed by atoms with Crippen LogP contribution in [0.1, 0.15) is 48.0 Å². The van der Waals surface area contributed by atoms with Gasteiger partial charge < -0.3 is 10.4 Å². The van der Waals surface area contributed by atoms with Gasteiger partial charge in [-0.3, -0.25) is 0 Å². The quantitative estimate of drug-likeness (QED) is 0.711. The van der Waals surface area contributed by atoms with Crippen LogP contribution in [0.2, 0.25) is 0 Å². The zero-order chi connectivity index (χ0) is 12.3. The summed E-state index contributed by atoms with van der Waals surface area (Å²) in [5.74, 6) is 0. The van der Waals surface area contributed by atoms with Gasteiger partial charge >= 0.3 is 0 Å². The molecule has 0 aliphatic carbocycles. The highest BCUT2D eigenvalue weighted by molar-refractivity contribution is 4.71. The van der Waals surface area contributed by atoms with E-state index in [1.54, 1.807) is 0 Å². The van der Waals surface area contributed by atoms with Gasteiger partial charge in [-0.2, -0.15) is 10.1 Å². The van der Waals surface area contributed by atoms with Crippen molar-refractivity contribution in [2.24, 2.45) is 0 Å². The zero-order valence-electron chi connectivity index (χ0n) is 10.9. The Labute approximate surface area is 93.4 Å². The second kappa shape index (κ2) is 5.25. The number of rotatable bonds is 4. The van der Waals surface area contributed by atoms with Crippen LogP contribution in [0.15, 0.2) is 0 Å². The minimum absolute atomic E-state index is 0.234. The molecule has 0 radical (unpaired) electrons. The molecule has 0 atom stereocenters. The molecular weight excluding hydrogens is 192 g/mol. The van der Waals surface area contributed by atoms with E-state index in [1.807, 2.05) is 41.5 Å². The number of hydroxylamine groups is 4. The second-order valence-electron chi connectivity index (χ2n) is 5.94. The minimum atomic E-state index is -0.234. The predicted octanol–water partition coefficient (Wildman–Crippen LogP) is 2.36. The first-order valence-electron chi connectivity index (χ1n) is 5.48. The minimum Gasteiger partial charge on any atom is -0.313 e. The van der Waals surface area contributed by atoms with E-state index in [9.17, 15) is 10.4 Å². The monoisotopic (exact) mass is 218 g/mol. The average Bonchev–Trinajstić information content (AvgIpc) is 2.00. The predicted molar refractivity (Wildman–Crippen MR) is 61.1 cm³/mol. The molecule has 0 aromatic heterocycles. The lowest BCUT2D eigenvalue weighted by Gasteiger charge is -2.32. The maximum Gasteiger partial charge on any atom is 0.0376 e. The summed E-state index contributed by atoms with van der Waals surface area (Å²) in [4.78, 5) is 0. The van der Waals surface area contributed by atoms with E-state index in [4.69, 9.17) is 0 Å². The van der Waals surface area contributed by atoms with Crippen molar-refractivity contribution in [3.05, 3.63) is 0 Å². The molecule has 0 amide bonds. The van der Waals surface area contributed by atoms with Crippen LogP contribution in [0.4, 0.5) is 0 Å². The first kappa shape index (κ1) is 14.8. The van der Waals surface area contributed by atoms with Crippen LogP contribution < -0.4 is 0 Å². The molecule has 0 unspecified atom stereocenters. The molecule has 0 aromatic rings. The van der Waals surface area contributed by atoms with E-state index < -0.39 is 0 Å². The van der Waals surface area contributed by atoms with Gasteiger partial charge in [0.05, 0.1) is 0 Å². The van der Waals surface area contributed by atoms with E-state index in [0.29, 0.717) is 13.1 Å². The summed E-state index contributed by atoms with van der Waals surface area (Å²) in [5.41, 5.74) is -0.468. The van der Waals surface area contributed by atoms with Gasteiger partial charge in [0, 0.05) is 24.2 Å². The molecule has 0 rings (SSSR count). The molecule has 0 bridgehead atoms. The Hall–Kier alpha value is -0.160. The molecule has 92 valence electrons. The average molecular weight is 218 g/mol. The van der Waals surface area contributed by atoms with Crippen LogP contribution in [-0.4, -0.2) is 44.7 Å². The van der Waals surface area contributed by atoms with Crippen molar-refractivity contribution in [3.8, 4) is 0 Å². The highest BCUT2D eigenvalue weighted by Gasteiger charge is 2.21. The summed E-state index contributed by atoms with van der Waals surface area (Å²) in [6, 6.07) is 0. The summed E-state index contributed by atoms with van der Waals surface area (Å²) >= 11 is 0. The van der Waals surface area contributed by atoms with Gasteiger partial charge in [-0.25, -0.2) is 0 Å². The molecule has 4 heteroatoms. The maximum atomic E-state index is 9.63. The van der Waals surface area contributed by atoms with Crippen molar-refractivity contribution >= 4 is 0 Å². The van der Waals surface area contributed by atoms with E-state index in [-0.39, 0.29) is 11.1 Å². The first-order valence-corrected chi connectivity index (χ1v) is 5.48. The van der Waals surface area contributed by atoms with Crippen LogP contribution in [0.25, 0.3) is 0 Å². The Kier molecular flexibility index (Phi) is 5.20. The lowest BCUT2D eigenvalue weighted by Crippen LogP contribution is -2.43. The Balaban J connectivity index is 3.81. The normalized spacial score (nSPS) is 14.0. The second-order valence-corrected chi connectivity index (χ2v) is 5.94. The third kappa shape index (κ3) is 6.10. The highest BCUT2D eigenvalue weighted by atomic mass is 16.5. The fraction of sp³-hybridized carbons (Fsp3) is 1.00. The zero-order valence-corrected chi connectivity index (χ0v) is 10.9. The van der Waals surface area contributed by atoms with Gasteiger partial charge in [-0.15, -0.1) is 0 Å². The SMILES string of the molecule is CC(C)(C)N(O)CCCN(O)C(C)(C)C. The molecule has 0 aliphatic rings. The lowest BCUT2D eigenvalue weighted by atomic mass is 10.1. The molecule has 0 aromatic carbocycles. The Morgan fingerprint density at radius 1 is 0.733 bits per heavy atom. The highest BCUT2D eigenvalue weighted by Crippen LogP contribution is 2.13. The van der Waals surface area contributed by atoms with Crippen molar-refractivity contribution < 1.29 is 10.4 Å². The fourth-order valence-corrected chi connectivity index (χ4v) is 1.04. The third-order valence-electron chi connectivity index (χ3n) is 2.29. The number of nitrogens with zero attached hydrogens (tertiary/aromatic N) is 2. The van der Waals surface area contributed by atoms with Crippen molar-refractivity contribution in [1.29, 1.82) is 0 Å². The lowest BCUT2D eigenvalue weighted by molar-refractivity contribution is -0.176. The van der Waals surface area contributed by atoms with Gasteiger partial charge in [-0.1, -0.05) is 0 Å². The molecule has 0 saturated heterocycles. The molecule has 0 saturated carbocycles. The summed E-state index contributed by atoms with van der Waals surface area (Å²) in [6.45, 7) is 12.8. The van der Waals surface area contributed by atoms with Gasteiger partial charge in [0.15, 0.2) is 0 Å². The summed E-state index contributed by atoms with van der Waals surface area (Å²) < 4.78 is 0. The van der Waals surface area contributed by atoms with E-state index in [1.165, 1.54) is 10.1 Å². The Morgan fingerprint density at radius 2 is 1.00 bits per heavy atom. The number of hydrogen-bond acceptors (Lipinski definition) is 4. The van der Waals surface area contributed by atoms with Crippen molar-refractivity contribution in [3.63, 3.8) is 0 Å². The van der Waals surface area contributed by atoms with E-state index in [0.717, 1.165) is 6.42 Å². The van der Waals surface area contributed by atoms with E-state index >= 15 is 0 Å². The van der Waals surface area contributed by atoms with Crippen molar-refractivity contribution in [2.75, 3.05) is 13.1 Å². The van der Waals surface area contributed by atoms with Crippen molar-refractivity contribution in [1.82, 2.24) is 10.1 Å². The molecule has 0 fully saturated rings. The van der Waals surface area contributed by atoms with Crippen LogP contribution in [0.3, 0.4) is 0 Å². The first-order chi connectivity index (χ1) is 6.55. The molecule has 0 heterocycles. The van der Waals surface area contributed by atoms with Gasteiger partial charge in [0.25, 0.3) is 0 Å². The largest absolute Gasteiger partial charge is 0.313 e. The maximum absolute atomic E-state index is 9.63. The van der Waals surface area contributed by atoms with Crippen molar-refractivity contribution in [2.45, 2.75) is 59.0 Å². The Bertz CT molecular complexity index is 162.